The van der Waals surface area contributed by atoms with Gasteiger partial charge in [0.05, 0.1) is 6.07 Å². The minimum atomic E-state index is 0.510. The third-order valence-electron chi connectivity index (χ3n) is 2.53. The monoisotopic (exact) mass is 233 g/mol. The molecule has 0 saturated heterocycles. The van der Waals surface area contributed by atoms with Crippen molar-refractivity contribution in [3.05, 3.63) is 0 Å². The molecule has 3 aliphatic carbocycles. The van der Waals surface area contributed by atoms with Crippen molar-refractivity contribution in [2.45, 2.75) is 29.1 Å². The Kier molecular flexibility index (Phi) is 0.958. The van der Waals surface area contributed by atoms with Crippen molar-refractivity contribution in [1.29, 1.82) is 5.26 Å². The number of hydrogen-bond acceptors (Lipinski definition) is 1. The standard InChI is InChI=1S/C7H8IN/c8-7-3-6(4-7,5-7)1-2-9/h1,3-5H2. The number of alkyl halides is 1. The molecule has 0 radical (unpaired) electrons. The Hall–Kier alpha value is 0.220. The van der Waals surface area contributed by atoms with Gasteiger partial charge in [0.2, 0.25) is 0 Å². The molecule has 0 unspecified atom stereocenters. The third-order valence-corrected chi connectivity index (χ3v) is 3.67. The summed E-state index contributed by atoms with van der Waals surface area (Å²) in [6.07, 6.45) is 4.74. The molecular weight excluding hydrogens is 225 g/mol. The molecule has 0 heterocycles. The van der Waals surface area contributed by atoms with Crippen LogP contribution in [0, 0.1) is 16.7 Å². The molecule has 0 N–H and O–H groups in total. The van der Waals surface area contributed by atoms with Crippen LogP contribution in [0.2, 0.25) is 0 Å². The van der Waals surface area contributed by atoms with E-state index < -0.39 is 0 Å². The average molecular weight is 233 g/mol. The molecule has 0 aromatic rings. The van der Waals surface area contributed by atoms with E-state index in [1.165, 1.54) is 19.3 Å². The van der Waals surface area contributed by atoms with E-state index in [0.717, 1.165) is 6.42 Å². The van der Waals surface area contributed by atoms with Crippen molar-refractivity contribution in [2.75, 3.05) is 0 Å². The van der Waals surface area contributed by atoms with Gasteiger partial charge in [-0.25, -0.2) is 0 Å². The maximum atomic E-state index is 8.42. The summed E-state index contributed by atoms with van der Waals surface area (Å²) in [5.74, 6) is 0. The maximum absolute atomic E-state index is 8.42. The Labute approximate surface area is 68.6 Å². The number of hydrogen-bond donors (Lipinski definition) is 0. The molecule has 3 aliphatic rings. The molecule has 0 aromatic carbocycles. The second kappa shape index (κ2) is 1.45. The SMILES string of the molecule is N#CCC12CC(I)(C1)C2. The van der Waals surface area contributed by atoms with Crippen LogP contribution in [0.5, 0.6) is 0 Å². The van der Waals surface area contributed by atoms with Gasteiger partial charge in [0, 0.05) is 9.84 Å². The molecule has 48 valence electrons. The number of nitriles is 1. The van der Waals surface area contributed by atoms with E-state index in [-0.39, 0.29) is 0 Å². The van der Waals surface area contributed by atoms with Gasteiger partial charge in [-0.05, 0) is 24.7 Å². The Bertz CT molecular complexity index is 172. The van der Waals surface area contributed by atoms with E-state index in [9.17, 15) is 0 Å². The largest absolute Gasteiger partial charge is 0.198 e. The third kappa shape index (κ3) is 0.644. The summed E-state index contributed by atoms with van der Waals surface area (Å²) < 4.78 is 0.647. The fraction of sp³-hybridized carbons (Fsp3) is 0.857. The van der Waals surface area contributed by atoms with Crippen molar-refractivity contribution in [1.82, 2.24) is 0 Å². The van der Waals surface area contributed by atoms with E-state index >= 15 is 0 Å². The normalized spacial score (nSPS) is 52.9. The van der Waals surface area contributed by atoms with Crippen LogP contribution in [0.25, 0.3) is 0 Å². The van der Waals surface area contributed by atoms with E-state index in [0.29, 0.717) is 8.84 Å². The Morgan fingerprint density at radius 3 is 2.33 bits per heavy atom. The van der Waals surface area contributed by atoms with Crippen LogP contribution < -0.4 is 0 Å². The molecule has 3 rings (SSSR count). The van der Waals surface area contributed by atoms with Crippen molar-refractivity contribution in [3.8, 4) is 6.07 Å². The lowest BCUT2D eigenvalue weighted by atomic mass is 9.43. The van der Waals surface area contributed by atoms with Crippen molar-refractivity contribution in [3.63, 3.8) is 0 Å². The fourth-order valence-electron chi connectivity index (χ4n) is 2.22. The lowest BCUT2D eigenvalue weighted by Gasteiger charge is -2.67. The first-order valence-corrected chi connectivity index (χ1v) is 4.32. The van der Waals surface area contributed by atoms with Crippen molar-refractivity contribution in [2.24, 2.45) is 5.41 Å². The number of rotatable bonds is 1. The smallest absolute Gasteiger partial charge is 0.0627 e. The second-order valence-corrected chi connectivity index (χ2v) is 5.80. The van der Waals surface area contributed by atoms with Gasteiger partial charge in [-0.3, -0.25) is 0 Å². The zero-order valence-electron chi connectivity index (χ0n) is 5.15. The van der Waals surface area contributed by atoms with E-state index in [1.807, 2.05) is 0 Å². The molecular formula is C7H8IN. The molecule has 3 fully saturated rings. The van der Waals surface area contributed by atoms with Gasteiger partial charge in [0.1, 0.15) is 0 Å². The first-order valence-electron chi connectivity index (χ1n) is 3.24. The highest BCUT2D eigenvalue weighted by Crippen LogP contribution is 2.73. The van der Waals surface area contributed by atoms with Crippen molar-refractivity contribution < 1.29 is 0 Å². The van der Waals surface area contributed by atoms with Crippen LogP contribution in [-0.4, -0.2) is 3.42 Å². The molecule has 2 bridgehead atoms. The summed E-state index contributed by atoms with van der Waals surface area (Å²) in [5, 5.41) is 8.42. The molecule has 1 nitrogen and oxygen atoms in total. The van der Waals surface area contributed by atoms with E-state index in [4.69, 9.17) is 5.26 Å². The van der Waals surface area contributed by atoms with Gasteiger partial charge in [0.15, 0.2) is 0 Å². The van der Waals surface area contributed by atoms with Gasteiger partial charge < -0.3 is 0 Å². The van der Waals surface area contributed by atoms with Gasteiger partial charge in [-0.2, -0.15) is 5.26 Å². The van der Waals surface area contributed by atoms with Gasteiger partial charge in [0.25, 0.3) is 0 Å². The van der Waals surface area contributed by atoms with Crippen molar-refractivity contribution >= 4 is 22.6 Å². The van der Waals surface area contributed by atoms with Crippen LogP contribution in [-0.2, 0) is 0 Å². The summed E-state index contributed by atoms with van der Waals surface area (Å²) in [6.45, 7) is 0. The van der Waals surface area contributed by atoms with E-state index in [1.54, 1.807) is 0 Å². The van der Waals surface area contributed by atoms with Gasteiger partial charge in [-0.15, -0.1) is 0 Å². The first kappa shape index (κ1) is 5.96. The molecule has 2 heteroatoms. The molecule has 0 spiro atoms. The fourth-order valence-corrected chi connectivity index (χ4v) is 4.64. The molecule has 3 saturated carbocycles. The predicted molar refractivity (Wildman–Crippen MR) is 43.3 cm³/mol. The topological polar surface area (TPSA) is 23.8 Å². The molecule has 0 atom stereocenters. The van der Waals surface area contributed by atoms with Crippen LogP contribution in [0.15, 0.2) is 0 Å². The quantitative estimate of drug-likeness (QED) is 0.503. The van der Waals surface area contributed by atoms with Gasteiger partial charge >= 0.3 is 0 Å². The Morgan fingerprint density at radius 2 is 2.00 bits per heavy atom. The highest BCUT2D eigenvalue weighted by Gasteiger charge is 2.65. The summed E-state index contributed by atoms with van der Waals surface area (Å²) in [5.41, 5.74) is 0.510. The highest BCUT2D eigenvalue weighted by molar-refractivity contribution is 14.1. The predicted octanol–water partition coefficient (Wildman–Crippen LogP) is 2.26. The highest BCUT2D eigenvalue weighted by atomic mass is 127. The van der Waals surface area contributed by atoms with Crippen LogP contribution >= 0.6 is 22.6 Å². The Morgan fingerprint density at radius 1 is 1.44 bits per heavy atom. The maximum Gasteiger partial charge on any atom is 0.0627 e. The molecule has 9 heavy (non-hydrogen) atoms. The minimum absolute atomic E-state index is 0.510. The molecule has 0 amide bonds. The average Bonchev–Trinajstić information content (AvgIpc) is 1.60. The van der Waals surface area contributed by atoms with Gasteiger partial charge in [-0.1, -0.05) is 22.6 Å². The summed E-state index contributed by atoms with van der Waals surface area (Å²) in [7, 11) is 0. The summed E-state index contributed by atoms with van der Waals surface area (Å²) >= 11 is 2.53. The van der Waals surface area contributed by atoms with Crippen LogP contribution in [0.3, 0.4) is 0 Å². The number of nitrogens with zero attached hydrogens (tertiary/aromatic N) is 1. The molecule has 0 aliphatic heterocycles. The van der Waals surface area contributed by atoms with Crippen LogP contribution in [0.1, 0.15) is 25.7 Å². The summed E-state index contributed by atoms with van der Waals surface area (Å²) in [4.78, 5) is 0. The lowest BCUT2D eigenvalue weighted by molar-refractivity contribution is -0.0573. The Balaban J connectivity index is 1.99. The summed E-state index contributed by atoms with van der Waals surface area (Å²) in [6, 6.07) is 2.26. The van der Waals surface area contributed by atoms with Crippen LogP contribution in [0.4, 0.5) is 0 Å². The van der Waals surface area contributed by atoms with E-state index in [2.05, 4.69) is 28.7 Å². The number of halogens is 1. The second-order valence-electron chi connectivity index (χ2n) is 3.52. The lowest BCUT2D eigenvalue weighted by Crippen LogP contribution is -2.62. The zero-order valence-corrected chi connectivity index (χ0v) is 7.31. The molecule has 0 aromatic heterocycles. The zero-order chi connectivity index (χ0) is 6.54. The first-order chi connectivity index (χ1) is 4.18. The minimum Gasteiger partial charge on any atom is -0.198 e.